The molecule has 0 saturated heterocycles. The van der Waals surface area contributed by atoms with Crippen LogP contribution in [-0.4, -0.2) is 48.4 Å². The maximum atomic E-state index is 13.6. The Kier molecular flexibility index (Phi) is 11.4. The molecule has 0 spiro atoms. The second kappa shape index (κ2) is 11.9. The van der Waals surface area contributed by atoms with Gasteiger partial charge in [0.15, 0.2) is 5.78 Å². The lowest BCUT2D eigenvalue weighted by molar-refractivity contribution is 0.0432. The minimum absolute atomic E-state index is 0.101. The zero-order valence-electron chi connectivity index (χ0n) is 20.2. The highest BCUT2D eigenvalue weighted by Gasteiger charge is 2.44. The second-order valence-corrected chi connectivity index (χ2v) is 11.5. The molecule has 0 aliphatic rings. The van der Waals surface area contributed by atoms with Gasteiger partial charge in [-0.15, -0.1) is 0 Å². The maximum absolute atomic E-state index is 13.6. The highest BCUT2D eigenvalue weighted by atomic mass is 31.2. The Hall–Kier alpha value is -1.31. The number of carbonyl (C=O) groups is 2. The van der Waals surface area contributed by atoms with Crippen LogP contribution in [0.4, 0.5) is 9.59 Å². The smallest absolute Gasteiger partial charge is 0.408 e. The van der Waals surface area contributed by atoms with Gasteiger partial charge in [0.05, 0.1) is 19.3 Å². The summed E-state index contributed by atoms with van der Waals surface area (Å²) < 4.78 is 35.2. The van der Waals surface area contributed by atoms with Crippen molar-refractivity contribution in [2.45, 2.75) is 98.7 Å². The van der Waals surface area contributed by atoms with Crippen molar-refractivity contribution in [3.8, 4) is 0 Å². The van der Waals surface area contributed by atoms with E-state index < -0.39 is 42.8 Å². The van der Waals surface area contributed by atoms with E-state index in [-0.39, 0.29) is 19.1 Å². The number of hydrogen-bond acceptors (Lipinski definition) is 7. The SMILES string of the molecule is CCOP(=O)(OCC)[C@@H](NC(=O)OC(C)(C)C)[C@H](CC(C)C)NC(=O)OC(C)(C)C. The van der Waals surface area contributed by atoms with Gasteiger partial charge in [-0.05, 0) is 67.7 Å². The Morgan fingerprint density at radius 1 is 0.833 bits per heavy atom. The summed E-state index contributed by atoms with van der Waals surface area (Å²) in [7, 11) is -3.85. The molecule has 0 bridgehead atoms. The van der Waals surface area contributed by atoms with Crippen molar-refractivity contribution in [1.29, 1.82) is 0 Å². The van der Waals surface area contributed by atoms with Gasteiger partial charge in [-0.3, -0.25) is 4.57 Å². The monoisotopic (exact) mass is 452 g/mol. The molecule has 2 N–H and O–H groups in total. The molecule has 0 heterocycles. The van der Waals surface area contributed by atoms with E-state index in [4.69, 9.17) is 18.5 Å². The highest BCUT2D eigenvalue weighted by molar-refractivity contribution is 7.54. The fraction of sp³-hybridized carbons (Fsp3) is 0.900. The highest BCUT2D eigenvalue weighted by Crippen LogP contribution is 2.53. The number of alkyl carbamates (subject to hydrolysis) is 2. The normalized spacial score (nSPS) is 14.8. The van der Waals surface area contributed by atoms with E-state index in [1.165, 1.54) is 0 Å². The predicted octanol–water partition coefficient (Wildman–Crippen LogP) is 5.04. The molecule has 2 atom stereocenters. The van der Waals surface area contributed by atoms with Gasteiger partial charge < -0.3 is 29.2 Å². The molecule has 0 unspecified atom stereocenters. The molecular formula is C20H41N2O7P. The van der Waals surface area contributed by atoms with Gasteiger partial charge in [0.2, 0.25) is 0 Å². The molecule has 0 aromatic rings. The maximum Gasteiger partial charge on any atom is 0.408 e. The summed E-state index contributed by atoms with van der Waals surface area (Å²) in [6, 6.07) is -0.781. The summed E-state index contributed by atoms with van der Waals surface area (Å²) in [5, 5.41) is 5.34. The molecule has 0 aliphatic carbocycles. The largest absolute Gasteiger partial charge is 0.444 e. The average molecular weight is 453 g/mol. The number of amides is 2. The van der Waals surface area contributed by atoms with Gasteiger partial charge in [0, 0.05) is 0 Å². The molecule has 0 aromatic heterocycles. The molecule has 2 amide bonds. The first-order valence-corrected chi connectivity index (χ1v) is 12.0. The van der Waals surface area contributed by atoms with Gasteiger partial charge in [-0.25, -0.2) is 9.59 Å². The molecule has 0 aliphatic heterocycles. The molecule has 0 radical (unpaired) electrons. The van der Waals surface area contributed by atoms with E-state index in [1.807, 2.05) is 13.8 Å². The number of carbonyl (C=O) groups excluding carboxylic acids is 2. The quantitative estimate of drug-likeness (QED) is 0.446. The van der Waals surface area contributed by atoms with Crippen LogP contribution >= 0.6 is 7.60 Å². The molecule has 0 fully saturated rings. The third-order valence-electron chi connectivity index (χ3n) is 3.43. The lowest BCUT2D eigenvalue weighted by atomic mass is 10.0. The average Bonchev–Trinajstić information content (AvgIpc) is 2.48. The van der Waals surface area contributed by atoms with Crippen molar-refractivity contribution in [3.05, 3.63) is 0 Å². The van der Waals surface area contributed by atoms with Crippen molar-refractivity contribution >= 4 is 19.8 Å². The first-order valence-electron chi connectivity index (χ1n) is 10.4. The van der Waals surface area contributed by atoms with E-state index >= 15 is 0 Å². The number of rotatable bonds is 10. The first kappa shape index (κ1) is 28.7. The molecule has 9 nitrogen and oxygen atoms in total. The Morgan fingerprint density at radius 2 is 1.23 bits per heavy atom. The van der Waals surface area contributed by atoms with E-state index in [2.05, 4.69) is 10.6 Å². The lowest BCUT2D eigenvalue weighted by Gasteiger charge is -2.35. The van der Waals surface area contributed by atoms with E-state index in [0.29, 0.717) is 6.42 Å². The Bertz CT molecular complexity index is 587. The van der Waals surface area contributed by atoms with Gasteiger partial charge in [-0.2, -0.15) is 0 Å². The van der Waals surface area contributed by atoms with Gasteiger partial charge in [0.1, 0.15) is 11.2 Å². The summed E-state index contributed by atoms with van der Waals surface area (Å²) in [6.45, 7) is 17.8. The molecule has 178 valence electrons. The first-order chi connectivity index (χ1) is 13.5. The van der Waals surface area contributed by atoms with Crippen LogP contribution in [0.25, 0.3) is 0 Å². The third-order valence-corrected chi connectivity index (χ3v) is 5.84. The molecule has 30 heavy (non-hydrogen) atoms. The summed E-state index contributed by atoms with van der Waals surface area (Å²) >= 11 is 0. The Labute approximate surface area is 181 Å². The summed E-state index contributed by atoms with van der Waals surface area (Å²) in [4.78, 5) is 25.0. The fourth-order valence-electron chi connectivity index (χ4n) is 2.62. The molecule has 0 rings (SSSR count). The Morgan fingerprint density at radius 3 is 1.57 bits per heavy atom. The fourth-order valence-corrected chi connectivity index (χ4v) is 4.64. The van der Waals surface area contributed by atoms with Gasteiger partial charge >= 0.3 is 19.8 Å². The van der Waals surface area contributed by atoms with Crippen LogP contribution in [-0.2, 0) is 23.1 Å². The van der Waals surface area contributed by atoms with Crippen LogP contribution in [0.5, 0.6) is 0 Å². The molecule has 0 saturated carbocycles. The summed E-state index contributed by atoms with van der Waals surface area (Å²) in [6.07, 6.45) is -1.08. The molecule has 10 heteroatoms. The van der Waals surface area contributed by atoms with Crippen molar-refractivity contribution < 1.29 is 32.7 Å². The topological polar surface area (TPSA) is 112 Å². The Balaban J connectivity index is 6.01. The standard InChI is InChI=1S/C20H41N2O7P/c1-11-26-30(25,27-12-2)16(22-18(24)29-20(8,9)10)15(13-14(3)4)21-17(23)28-19(5,6)7/h14-16H,11-13H2,1-10H3,(H,21,23)(H,22,24)/t15-,16+/m0/s1. The number of hydrogen-bond donors (Lipinski definition) is 2. The number of ether oxygens (including phenoxy) is 2. The minimum Gasteiger partial charge on any atom is -0.444 e. The van der Waals surface area contributed by atoms with Crippen molar-refractivity contribution in [2.24, 2.45) is 5.92 Å². The second-order valence-electron chi connectivity index (χ2n) is 9.35. The summed E-state index contributed by atoms with van der Waals surface area (Å²) in [5.41, 5.74) is -1.48. The van der Waals surface area contributed by atoms with Crippen LogP contribution in [0.3, 0.4) is 0 Å². The zero-order chi connectivity index (χ0) is 23.8. The van der Waals surface area contributed by atoms with Crippen molar-refractivity contribution in [3.63, 3.8) is 0 Å². The van der Waals surface area contributed by atoms with Crippen molar-refractivity contribution in [2.75, 3.05) is 13.2 Å². The zero-order valence-corrected chi connectivity index (χ0v) is 21.1. The van der Waals surface area contributed by atoms with E-state index in [0.717, 1.165) is 0 Å². The number of nitrogens with one attached hydrogen (secondary N) is 2. The summed E-state index contributed by atoms with van der Waals surface area (Å²) in [5.74, 6) is -1.06. The predicted molar refractivity (Wildman–Crippen MR) is 117 cm³/mol. The van der Waals surface area contributed by atoms with Crippen LogP contribution in [0.15, 0.2) is 0 Å². The van der Waals surface area contributed by atoms with Gasteiger partial charge in [0.25, 0.3) is 0 Å². The van der Waals surface area contributed by atoms with E-state index in [9.17, 15) is 14.2 Å². The van der Waals surface area contributed by atoms with E-state index in [1.54, 1.807) is 55.4 Å². The van der Waals surface area contributed by atoms with Gasteiger partial charge in [-0.1, -0.05) is 13.8 Å². The minimum atomic E-state index is -3.85. The third kappa shape index (κ3) is 11.8. The van der Waals surface area contributed by atoms with Crippen molar-refractivity contribution in [1.82, 2.24) is 10.6 Å². The van der Waals surface area contributed by atoms with Crippen LogP contribution < -0.4 is 10.6 Å². The lowest BCUT2D eigenvalue weighted by Crippen LogP contribution is -2.54. The van der Waals surface area contributed by atoms with Crippen LogP contribution in [0.1, 0.15) is 75.7 Å². The van der Waals surface area contributed by atoms with Crippen LogP contribution in [0, 0.1) is 5.92 Å². The molecular weight excluding hydrogens is 411 g/mol. The van der Waals surface area contributed by atoms with Crippen LogP contribution in [0.2, 0.25) is 0 Å². The molecule has 0 aromatic carbocycles.